The predicted molar refractivity (Wildman–Crippen MR) is 19.4 cm³/mol. The summed E-state index contributed by atoms with van der Waals surface area (Å²) in [5.41, 5.74) is 0. The highest BCUT2D eigenvalue weighted by Gasteiger charge is 2.32. The molecule has 0 bridgehead atoms. The first-order valence-corrected chi connectivity index (χ1v) is 1.70. The van der Waals surface area contributed by atoms with Crippen LogP contribution in [0.4, 0.5) is 8.78 Å². The second-order valence-corrected chi connectivity index (χ2v) is 1.21. The SMILES string of the molecule is FC(F)[C@H]1CO1.O. The first kappa shape index (κ1) is 6.78. The Bertz CT molecular complexity index is 52.9. The highest BCUT2D eigenvalue weighted by molar-refractivity contribution is 4.70. The van der Waals surface area contributed by atoms with Gasteiger partial charge in [-0.1, -0.05) is 0 Å². The molecule has 7 heavy (non-hydrogen) atoms. The molecule has 0 aromatic rings. The van der Waals surface area contributed by atoms with Gasteiger partial charge in [-0.3, -0.25) is 0 Å². The van der Waals surface area contributed by atoms with E-state index in [0.717, 1.165) is 0 Å². The molecule has 0 unspecified atom stereocenters. The fourth-order valence-electron chi connectivity index (χ4n) is 0.201. The summed E-state index contributed by atoms with van der Waals surface area (Å²) in [6.45, 7) is 0.248. The minimum atomic E-state index is -2.26. The Kier molecular flexibility index (Phi) is 2.11. The van der Waals surface area contributed by atoms with Gasteiger partial charge in [0.2, 0.25) is 0 Å². The van der Waals surface area contributed by atoms with Crippen molar-refractivity contribution in [2.45, 2.75) is 12.5 Å². The Morgan fingerprint density at radius 1 is 1.57 bits per heavy atom. The third kappa shape index (κ3) is 1.80. The fraction of sp³-hybridized carbons (Fsp3) is 1.00. The molecule has 1 rings (SSSR count). The third-order valence-corrected chi connectivity index (χ3v) is 0.640. The van der Waals surface area contributed by atoms with Crippen LogP contribution >= 0.6 is 0 Å². The van der Waals surface area contributed by atoms with Crippen LogP contribution in [0.3, 0.4) is 0 Å². The fourth-order valence-corrected chi connectivity index (χ4v) is 0.201. The van der Waals surface area contributed by atoms with Gasteiger partial charge in [-0.25, -0.2) is 8.78 Å². The second kappa shape index (κ2) is 2.18. The Morgan fingerprint density at radius 2 is 2.00 bits per heavy atom. The Balaban J connectivity index is 0.000000360. The summed E-state index contributed by atoms with van der Waals surface area (Å²) in [5, 5.41) is 0. The monoisotopic (exact) mass is 112 g/mol. The number of halogens is 2. The molecule has 0 amide bonds. The van der Waals surface area contributed by atoms with Gasteiger partial charge in [0.1, 0.15) is 6.10 Å². The summed E-state index contributed by atoms with van der Waals surface area (Å²) in [6.07, 6.45) is -2.99. The average Bonchev–Trinajstić information content (AvgIpc) is 2.06. The van der Waals surface area contributed by atoms with E-state index in [-0.39, 0.29) is 12.1 Å². The molecule has 2 N–H and O–H groups in total. The van der Waals surface area contributed by atoms with Crippen molar-refractivity contribution in [3.05, 3.63) is 0 Å². The normalized spacial score (nSPS) is 27.0. The van der Waals surface area contributed by atoms with Gasteiger partial charge in [0.05, 0.1) is 6.61 Å². The molecule has 1 saturated heterocycles. The van der Waals surface area contributed by atoms with Gasteiger partial charge in [0.25, 0.3) is 6.43 Å². The summed E-state index contributed by atoms with van der Waals surface area (Å²) >= 11 is 0. The van der Waals surface area contributed by atoms with Crippen molar-refractivity contribution in [2.75, 3.05) is 6.61 Å². The van der Waals surface area contributed by atoms with Gasteiger partial charge in [0.15, 0.2) is 0 Å². The van der Waals surface area contributed by atoms with Crippen LogP contribution in [0.5, 0.6) is 0 Å². The standard InChI is InChI=1S/C3H4F2O.H2O/c4-3(5)2-1-6-2;/h2-3H,1H2;1H2/t2-;/m1./s1. The molecule has 0 radical (unpaired) electrons. The second-order valence-electron chi connectivity index (χ2n) is 1.21. The number of epoxide rings is 1. The maximum Gasteiger partial charge on any atom is 0.266 e. The van der Waals surface area contributed by atoms with Crippen molar-refractivity contribution >= 4 is 0 Å². The first-order chi connectivity index (χ1) is 2.80. The smallest absolute Gasteiger partial charge is 0.266 e. The molecule has 1 fully saturated rings. The van der Waals surface area contributed by atoms with E-state index in [2.05, 4.69) is 4.74 Å². The van der Waals surface area contributed by atoms with E-state index in [0.29, 0.717) is 0 Å². The maximum atomic E-state index is 11.1. The molecular weight excluding hydrogens is 106 g/mol. The van der Waals surface area contributed by atoms with Gasteiger partial charge in [-0.2, -0.15) is 0 Å². The van der Waals surface area contributed by atoms with E-state index >= 15 is 0 Å². The van der Waals surface area contributed by atoms with Crippen LogP contribution in [0, 0.1) is 0 Å². The molecule has 1 heterocycles. The Hall–Kier alpha value is -0.220. The summed E-state index contributed by atoms with van der Waals surface area (Å²) in [4.78, 5) is 0. The number of hydrogen-bond acceptors (Lipinski definition) is 1. The van der Waals surface area contributed by atoms with Crippen molar-refractivity contribution in [2.24, 2.45) is 0 Å². The highest BCUT2D eigenvalue weighted by Crippen LogP contribution is 2.16. The van der Waals surface area contributed by atoms with Crippen LogP contribution in [0.15, 0.2) is 0 Å². The minimum absolute atomic E-state index is 0. The highest BCUT2D eigenvalue weighted by atomic mass is 19.3. The number of alkyl halides is 2. The lowest BCUT2D eigenvalue weighted by molar-refractivity contribution is 0.108. The van der Waals surface area contributed by atoms with Gasteiger partial charge >= 0.3 is 0 Å². The number of rotatable bonds is 1. The Morgan fingerprint density at radius 3 is 2.00 bits per heavy atom. The van der Waals surface area contributed by atoms with E-state index in [1.54, 1.807) is 0 Å². The molecule has 0 aromatic heterocycles. The topological polar surface area (TPSA) is 44.0 Å². The van der Waals surface area contributed by atoms with E-state index < -0.39 is 12.5 Å². The molecule has 1 atom stereocenters. The summed E-state index contributed by atoms with van der Waals surface area (Å²) in [5.74, 6) is 0. The predicted octanol–water partition coefficient (Wildman–Crippen LogP) is -0.174. The largest absolute Gasteiger partial charge is 0.412 e. The van der Waals surface area contributed by atoms with Crippen molar-refractivity contribution in [3.8, 4) is 0 Å². The maximum absolute atomic E-state index is 11.1. The van der Waals surface area contributed by atoms with Crippen molar-refractivity contribution in [3.63, 3.8) is 0 Å². The quantitative estimate of drug-likeness (QED) is 0.434. The van der Waals surface area contributed by atoms with Crippen molar-refractivity contribution in [1.29, 1.82) is 0 Å². The molecule has 0 saturated carbocycles. The van der Waals surface area contributed by atoms with Gasteiger partial charge in [-0.15, -0.1) is 0 Å². The summed E-state index contributed by atoms with van der Waals surface area (Å²) in [7, 11) is 0. The van der Waals surface area contributed by atoms with Crippen LogP contribution in [0.1, 0.15) is 0 Å². The molecule has 4 heteroatoms. The lowest BCUT2D eigenvalue weighted by atomic mass is 10.5. The van der Waals surface area contributed by atoms with Crippen LogP contribution in [0.2, 0.25) is 0 Å². The van der Waals surface area contributed by atoms with E-state index in [1.165, 1.54) is 0 Å². The first-order valence-electron chi connectivity index (χ1n) is 1.70. The van der Waals surface area contributed by atoms with Gasteiger partial charge < -0.3 is 10.2 Å². The van der Waals surface area contributed by atoms with Crippen LogP contribution < -0.4 is 0 Å². The Labute approximate surface area is 39.4 Å². The average molecular weight is 112 g/mol. The van der Waals surface area contributed by atoms with Gasteiger partial charge in [0, 0.05) is 0 Å². The van der Waals surface area contributed by atoms with E-state index in [1.807, 2.05) is 0 Å². The van der Waals surface area contributed by atoms with Crippen molar-refractivity contribution in [1.82, 2.24) is 0 Å². The van der Waals surface area contributed by atoms with Crippen LogP contribution in [-0.2, 0) is 4.74 Å². The van der Waals surface area contributed by atoms with E-state index in [9.17, 15) is 8.78 Å². The molecule has 2 nitrogen and oxygen atoms in total. The minimum Gasteiger partial charge on any atom is -0.412 e. The summed E-state index contributed by atoms with van der Waals surface area (Å²) < 4.78 is 26.4. The van der Waals surface area contributed by atoms with Gasteiger partial charge in [-0.05, 0) is 0 Å². The zero-order valence-corrected chi connectivity index (χ0v) is 3.53. The summed E-state index contributed by atoms with van der Waals surface area (Å²) in [6, 6.07) is 0. The molecular formula is C3H6F2O2. The lowest BCUT2D eigenvalue weighted by Gasteiger charge is -1.82. The van der Waals surface area contributed by atoms with Crippen LogP contribution in [-0.4, -0.2) is 24.6 Å². The van der Waals surface area contributed by atoms with Crippen LogP contribution in [0.25, 0.3) is 0 Å². The zero-order chi connectivity index (χ0) is 4.57. The number of ether oxygens (including phenoxy) is 1. The third-order valence-electron chi connectivity index (χ3n) is 0.640. The van der Waals surface area contributed by atoms with E-state index in [4.69, 9.17) is 0 Å². The molecule has 1 aliphatic heterocycles. The van der Waals surface area contributed by atoms with Crippen molar-refractivity contribution < 1.29 is 19.0 Å². The molecule has 1 aliphatic rings. The molecule has 44 valence electrons. The molecule has 0 spiro atoms. The molecule has 0 aliphatic carbocycles. The zero-order valence-electron chi connectivity index (χ0n) is 3.53. The number of hydrogen-bond donors (Lipinski definition) is 0. The lowest BCUT2D eigenvalue weighted by Crippen LogP contribution is -1.98. The molecule has 0 aromatic carbocycles.